The monoisotopic (exact) mass is 291 g/mol. The number of halogens is 1. The summed E-state index contributed by atoms with van der Waals surface area (Å²) in [7, 11) is 0. The summed E-state index contributed by atoms with van der Waals surface area (Å²) in [5.74, 6) is -1.21. The molecule has 1 N–H and O–H groups in total. The number of esters is 1. The van der Waals surface area contributed by atoms with E-state index in [-0.39, 0.29) is 17.7 Å². The maximum atomic E-state index is 11.2. The van der Waals surface area contributed by atoms with E-state index in [9.17, 15) is 9.59 Å². The molecule has 7 nitrogen and oxygen atoms in total. The van der Waals surface area contributed by atoms with Gasteiger partial charge in [-0.25, -0.2) is 4.79 Å². The van der Waals surface area contributed by atoms with Crippen molar-refractivity contribution in [1.82, 2.24) is 4.98 Å². The normalized spacial score (nSPS) is 10.3. The number of carbonyl (C=O) groups is 2. The summed E-state index contributed by atoms with van der Waals surface area (Å²) in [6.45, 7) is 2.09. The molecule has 1 amide bonds. The predicted molar refractivity (Wildman–Crippen MR) is 67.2 cm³/mol. The number of carbonyl (C=O) groups excluding carboxylic acids is 2. The number of amides is 1. The fraction of sp³-hybridized carbons (Fsp3) is 0.333. The average molecular weight is 292 g/mol. The third-order valence-electron chi connectivity index (χ3n) is 1.42. The first kappa shape index (κ1) is 14.4. The lowest BCUT2D eigenvalue weighted by atomic mass is 10.7. The number of aromatic nitrogens is 1. The molecule has 0 spiro atoms. The molecule has 0 unspecified atom stereocenters. The topological polar surface area (TPSA) is 89.9 Å². The molecule has 0 atom stereocenters. The van der Waals surface area contributed by atoms with Crippen molar-refractivity contribution in [3.63, 3.8) is 0 Å². The van der Waals surface area contributed by atoms with Crippen LogP contribution in [0, 0.1) is 0 Å². The number of nitrogens with zero attached hydrogens (tertiary/aromatic N) is 2. The molecule has 0 aliphatic rings. The van der Waals surface area contributed by atoms with Crippen molar-refractivity contribution in [1.29, 1.82) is 0 Å². The standard InChI is InChI=1S/C9H10ClN3O4S/c1-2-16-11-4-8(15)17-7-5-18-9(13-7)12-6(14)3-10/h4-5H,2-3H2,1H3,(H,12,13,14). The van der Waals surface area contributed by atoms with Crippen LogP contribution < -0.4 is 10.1 Å². The minimum atomic E-state index is -0.719. The zero-order chi connectivity index (χ0) is 13.4. The first-order valence-electron chi connectivity index (χ1n) is 4.84. The van der Waals surface area contributed by atoms with Crippen molar-refractivity contribution in [3.05, 3.63) is 5.38 Å². The van der Waals surface area contributed by atoms with Gasteiger partial charge in [-0.3, -0.25) is 4.79 Å². The van der Waals surface area contributed by atoms with Crippen LogP contribution in [-0.2, 0) is 14.4 Å². The van der Waals surface area contributed by atoms with Gasteiger partial charge in [0, 0.05) is 0 Å². The predicted octanol–water partition coefficient (Wildman–Crippen LogP) is 1.25. The van der Waals surface area contributed by atoms with Crippen LogP contribution in [0.1, 0.15) is 6.92 Å². The highest BCUT2D eigenvalue weighted by Crippen LogP contribution is 2.20. The van der Waals surface area contributed by atoms with E-state index in [1.54, 1.807) is 6.92 Å². The molecule has 9 heteroatoms. The Morgan fingerprint density at radius 1 is 1.67 bits per heavy atom. The molecule has 0 radical (unpaired) electrons. The van der Waals surface area contributed by atoms with Crippen LogP contribution >= 0.6 is 22.9 Å². The van der Waals surface area contributed by atoms with Gasteiger partial charge in [0.05, 0.1) is 5.38 Å². The van der Waals surface area contributed by atoms with E-state index in [1.165, 1.54) is 5.38 Å². The summed E-state index contributed by atoms with van der Waals surface area (Å²) < 4.78 is 4.80. The van der Waals surface area contributed by atoms with E-state index in [1.807, 2.05) is 0 Å². The molecule has 1 aromatic rings. The highest BCUT2D eigenvalue weighted by Gasteiger charge is 2.08. The summed E-state index contributed by atoms with van der Waals surface area (Å²) in [6, 6.07) is 0. The second kappa shape index (κ2) is 7.62. The highest BCUT2D eigenvalue weighted by atomic mass is 35.5. The summed E-state index contributed by atoms with van der Waals surface area (Å²) in [5.41, 5.74) is 0. The Labute approximate surface area is 112 Å². The summed E-state index contributed by atoms with van der Waals surface area (Å²) >= 11 is 6.42. The SMILES string of the molecule is CCON=CC(=O)Oc1csc(NC(=O)CCl)n1. The molecular weight excluding hydrogens is 282 g/mol. The lowest BCUT2D eigenvalue weighted by Crippen LogP contribution is -2.13. The number of oxime groups is 1. The minimum Gasteiger partial charge on any atom is -0.402 e. The quantitative estimate of drug-likeness (QED) is 0.369. The molecule has 0 aliphatic carbocycles. The number of hydrogen-bond donors (Lipinski definition) is 1. The molecule has 0 bridgehead atoms. The maximum absolute atomic E-state index is 11.2. The van der Waals surface area contributed by atoms with Gasteiger partial charge in [0.25, 0.3) is 0 Å². The molecule has 0 aromatic carbocycles. The second-order valence-electron chi connectivity index (χ2n) is 2.75. The number of nitrogens with one attached hydrogen (secondary N) is 1. The van der Waals surface area contributed by atoms with Crippen LogP contribution in [0.15, 0.2) is 10.5 Å². The van der Waals surface area contributed by atoms with Crippen molar-refractivity contribution < 1.29 is 19.2 Å². The van der Waals surface area contributed by atoms with Gasteiger partial charge in [0.1, 0.15) is 12.5 Å². The lowest BCUT2D eigenvalue weighted by Gasteiger charge is -1.96. The third-order valence-corrected chi connectivity index (χ3v) is 2.40. The smallest absolute Gasteiger partial charge is 0.359 e. The lowest BCUT2D eigenvalue weighted by molar-refractivity contribution is -0.126. The van der Waals surface area contributed by atoms with Gasteiger partial charge in [-0.2, -0.15) is 4.98 Å². The van der Waals surface area contributed by atoms with Crippen LogP contribution in [0.5, 0.6) is 5.88 Å². The first-order valence-corrected chi connectivity index (χ1v) is 6.25. The molecule has 0 saturated heterocycles. The van der Waals surface area contributed by atoms with Crippen molar-refractivity contribution in [3.8, 4) is 5.88 Å². The second-order valence-corrected chi connectivity index (χ2v) is 3.87. The van der Waals surface area contributed by atoms with E-state index < -0.39 is 5.97 Å². The Morgan fingerprint density at radius 3 is 3.11 bits per heavy atom. The van der Waals surface area contributed by atoms with Crippen LogP contribution in [0.2, 0.25) is 0 Å². The Hall–Kier alpha value is -1.67. The zero-order valence-electron chi connectivity index (χ0n) is 9.38. The Balaban J connectivity index is 2.48. The fourth-order valence-electron chi connectivity index (χ4n) is 0.800. The Kier molecular flexibility index (Phi) is 6.09. The van der Waals surface area contributed by atoms with Crippen molar-refractivity contribution in [2.24, 2.45) is 5.16 Å². The van der Waals surface area contributed by atoms with Gasteiger partial charge in [0.15, 0.2) is 11.3 Å². The minimum absolute atomic E-state index is 0.0674. The molecule has 18 heavy (non-hydrogen) atoms. The largest absolute Gasteiger partial charge is 0.402 e. The maximum Gasteiger partial charge on any atom is 0.359 e. The molecule has 1 heterocycles. The van der Waals surface area contributed by atoms with Gasteiger partial charge in [-0.1, -0.05) is 5.16 Å². The van der Waals surface area contributed by atoms with Gasteiger partial charge in [-0.15, -0.1) is 22.9 Å². The highest BCUT2D eigenvalue weighted by molar-refractivity contribution is 7.14. The van der Waals surface area contributed by atoms with Crippen LogP contribution in [-0.4, -0.2) is 35.6 Å². The Morgan fingerprint density at radius 2 is 2.44 bits per heavy atom. The van der Waals surface area contributed by atoms with Gasteiger partial charge < -0.3 is 14.9 Å². The average Bonchev–Trinajstić information content (AvgIpc) is 2.76. The van der Waals surface area contributed by atoms with Crippen LogP contribution in [0.25, 0.3) is 0 Å². The number of anilines is 1. The van der Waals surface area contributed by atoms with Gasteiger partial charge >= 0.3 is 5.97 Å². The van der Waals surface area contributed by atoms with E-state index in [4.69, 9.17) is 16.3 Å². The van der Waals surface area contributed by atoms with Crippen molar-refractivity contribution >= 4 is 46.2 Å². The number of rotatable bonds is 6. The molecule has 0 aliphatic heterocycles. The van der Waals surface area contributed by atoms with E-state index >= 15 is 0 Å². The summed E-state index contributed by atoms with van der Waals surface area (Å²) in [4.78, 5) is 30.6. The van der Waals surface area contributed by atoms with E-state index in [2.05, 4.69) is 20.3 Å². The Bertz CT molecular complexity index is 449. The number of thiazole rings is 1. The molecular formula is C9H10ClN3O4S. The van der Waals surface area contributed by atoms with Crippen molar-refractivity contribution in [2.75, 3.05) is 17.8 Å². The first-order chi connectivity index (χ1) is 8.65. The van der Waals surface area contributed by atoms with Crippen molar-refractivity contribution in [2.45, 2.75) is 6.92 Å². The van der Waals surface area contributed by atoms with Gasteiger partial charge in [-0.05, 0) is 6.92 Å². The van der Waals surface area contributed by atoms with Gasteiger partial charge in [0.2, 0.25) is 11.8 Å². The summed E-state index contributed by atoms with van der Waals surface area (Å²) in [5, 5.41) is 7.53. The molecule has 0 fully saturated rings. The number of ether oxygens (including phenoxy) is 1. The zero-order valence-corrected chi connectivity index (χ0v) is 11.0. The summed E-state index contributed by atoms with van der Waals surface area (Å²) in [6.07, 6.45) is 0.889. The van der Waals surface area contributed by atoms with Crippen LogP contribution in [0.4, 0.5) is 5.13 Å². The fourth-order valence-corrected chi connectivity index (χ4v) is 1.50. The molecule has 98 valence electrons. The van der Waals surface area contributed by atoms with E-state index in [0.717, 1.165) is 17.6 Å². The molecule has 1 aromatic heterocycles. The number of hydrogen-bond acceptors (Lipinski definition) is 7. The molecule has 0 saturated carbocycles. The molecule has 1 rings (SSSR count). The number of alkyl halides is 1. The van der Waals surface area contributed by atoms with Crippen LogP contribution in [0.3, 0.4) is 0 Å². The third kappa shape index (κ3) is 5.11. The van der Waals surface area contributed by atoms with E-state index in [0.29, 0.717) is 11.7 Å².